The molecule has 0 spiro atoms. The molecule has 0 unspecified atom stereocenters. The smallest absolute Gasteiger partial charge is 0.139 e. The minimum Gasteiger partial charge on any atom is -0.497 e. The third-order valence-corrected chi connectivity index (χ3v) is 2.28. The summed E-state index contributed by atoms with van der Waals surface area (Å²) in [6, 6.07) is 5.69. The lowest BCUT2D eigenvalue weighted by molar-refractivity contribution is 0.370. The van der Waals surface area contributed by atoms with Gasteiger partial charge in [-0.05, 0) is 12.1 Å². The molecular weight excluding hydrogens is 192 g/mol. The van der Waals surface area contributed by atoms with Gasteiger partial charge in [-0.25, -0.2) is 0 Å². The van der Waals surface area contributed by atoms with Crippen LogP contribution >= 0.6 is 0 Å². The van der Waals surface area contributed by atoms with E-state index in [-0.39, 0.29) is 0 Å². The van der Waals surface area contributed by atoms with Crippen LogP contribution in [0.5, 0.6) is 5.75 Å². The number of ether oxygens (including phenoxy) is 2. The number of hydrogen-bond donors (Lipinski definition) is 1. The van der Waals surface area contributed by atoms with Crippen LogP contribution in [0.1, 0.15) is 5.69 Å². The van der Waals surface area contributed by atoms with Crippen LogP contribution in [-0.2, 0) is 4.74 Å². The molecule has 4 nitrogen and oxygen atoms in total. The van der Waals surface area contributed by atoms with Gasteiger partial charge in [0.05, 0.1) is 19.7 Å². The third-order valence-electron chi connectivity index (χ3n) is 2.28. The lowest BCUT2D eigenvalue weighted by Crippen LogP contribution is -1.86. The van der Waals surface area contributed by atoms with Crippen LogP contribution in [0, 0.1) is 0 Å². The molecule has 15 heavy (non-hydrogen) atoms. The van der Waals surface area contributed by atoms with Gasteiger partial charge in [-0.1, -0.05) is 6.58 Å². The van der Waals surface area contributed by atoms with Crippen LogP contribution < -0.4 is 4.74 Å². The first kappa shape index (κ1) is 9.58. The van der Waals surface area contributed by atoms with Crippen molar-refractivity contribution < 1.29 is 9.47 Å². The van der Waals surface area contributed by atoms with E-state index in [9.17, 15) is 0 Å². The van der Waals surface area contributed by atoms with Crippen LogP contribution in [-0.4, -0.2) is 24.4 Å². The van der Waals surface area contributed by atoms with Crippen molar-refractivity contribution in [1.29, 1.82) is 0 Å². The normalized spacial score (nSPS) is 10.3. The highest BCUT2D eigenvalue weighted by Gasteiger charge is 2.09. The van der Waals surface area contributed by atoms with E-state index in [1.807, 2.05) is 18.2 Å². The molecule has 1 heterocycles. The SMILES string of the molecule is C=C(OC)c1n[nH]c2cc(OC)ccc12. The van der Waals surface area contributed by atoms with E-state index >= 15 is 0 Å². The number of rotatable bonds is 3. The molecule has 0 aliphatic rings. The van der Waals surface area contributed by atoms with Crippen LogP contribution in [0.3, 0.4) is 0 Å². The van der Waals surface area contributed by atoms with Crippen molar-refractivity contribution in [2.24, 2.45) is 0 Å². The first-order chi connectivity index (χ1) is 7.26. The Morgan fingerprint density at radius 1 is 1.40 bits per heavy atom. The van der Waals surface area contributed by atoms with E-state index in [2.05, 4.69) is 16.8 Å². The Balaban J connectivity index is 2.57. The Labute approximate surface area is 87.5 Å². The molecule has 0 saturated heterocycles. The van der Waals surface area contributed by atoms with Crippen LogP contribution in [0.2, 0.25) is 0 Å². The van der Waals surface area contributed by atoms with Crippen molar-refractivity contribution in [2.45, 2.75) is 0 Å². The van der Waals surface area contributed by atoms with Gasteiger partial charge < -0.3 is 9.47 Å². The lowest BCUT2D eigenvalue weighted by atomic mass is 10.2. The molecular formula is C11H12N2O2. The number of H-pyrrole nitrogens is 1. The van der Waals surface area contributed by atoms with Crippen LogP contribution in [0.15, 0.2) is 24.8 Å². The molecule has 0 aliphatic carbocycles. The van der Waals surface area contributed by atoms with Crippen molar-refractivity contribution in [3.8, 4) is 5.75 Å². The summed E-state index contributed by atoms with van der Waals surface area (Å²) in [7, 11) is 3.21. The van der Waals surface area contributed by atoms with E-state index < -0.39 is 0 Å². The molecule has 4 heteroatoms. The molecule has 0 bridgehead atoms. The van der Waals surface area contributed by atoms with E-state index in [1.54, 1.807) is 14.2 Å². The fourth-order valence-corrected chi connectivity index (χ4v) is 1.43. The summed E-state index contributed by atoms with van der Waals surface area (Å²) in [6.45, 7) is 3.77. The molecule has 0 fully saturated rings. The molecule has 1 aromatic carbocycles. The Morgan fingerprint density at radius 3 is 2.87 bits per heavy atom. The quantitative estimate of drug-likeness (QED) is 0.779. The minimum absolute atomic E-state index is 0.548. The zero-order valence-corrected chi connectivity index (χ0v) is 8.70. The summed E-state index contributed by atoms with van der Waals surface area (Å²) in [5.41, 5.74) is 1.64. The minimum atomic E-state index is 0.548. The maximum absolute atomic E-state index is 5.12. The fraction of sp³-hybridized carbons (Fsp3) is 0.182. The summed E-state index contributed by atoms with van der Waals surface area (Å²) in [6.07, 6.45) is 0. The maximum atomic E-state index is 5.12. The van der Waals surface area contributed by atoms with Gasteiger partial charge in [0.2, 0.25) is 0 Å². The lowest BCUT2D eigenvalue weighted by Gasteiger charge is -2.01. The standard InChI is InChI=1S/C11H12N2O2/c1-7(14-2)11-9-5-4-8(15-3)6-10(9)12-13-11/h4-6H,1H2,2-3H3,(H,12,13). The van der Waals surface area contributed by atoms with E-state index in [0.29, 0.717) is 5.76 Å². The molecule has 0 amide bonds. The van der Waals surface area contributed by atoms with Gasteiger partial charge in [0, 0.05) is 11.5 Å². The van der Waals surface area contributed by atoms with Gasteiger partial charge in [0.1, 0.15) is 17.2 Å². The fourth-order valence-electron chi connectivity index (χ4n) is 1.43. The second-order valence-electron chi connectivity index (χ2n) is 3.11. The van der Waals surface area contributed by atoms with Gasteiger partial charge in [0.25, 0.3) is 0 Å². The topological polar surface area (TPSA) is 47.1 Å². The Morgan fingerprint density at radius 2 is 2.20 bits per heavy atom. The van der Waals surface area contributed by atoms with Gasteiger partial charge in [0.15, 0.2) is 0 Å². The summed E-state index contributed by atoms with van der Waals surface area (Å²) in [4.78, 5) is 0. The zero-order chi connectivity index (χ0) is 10.8. The molecule has 2 rings (SSSR count). The summed E-state index contributed by atoms with van der Waals surface area (Å²) in [5, 5.41) is 8.02. The number of aromatic nitrogens is 2. The molecule has 0 saturated carbocycles. The second kappa shape index (κ2) is 3.65. The highest BCUT2D eigenvalue weighted by atomic mass is 16.5. The molecule has 1 N–H and O–H groups in total. The third kappa shape index (κ3) is 1.54. The van der Waals surface area contributed by atoms with Crippen LogP contribution in [0.4, 0.5) is 0 Å². The highest BCUT2D eigenvalue weighted by Crippen LogP contribution is 2.25. The Bertz CT molecular complexity index is 502. The molecule has 1 aromatic heterocycles. The number of fused-ring (bicyclic) bond motifs is 1. The number of nitrogens with zero attached hydrogens (tertiary/aromatic N) is 1. The number of aromatic amines is 1. The second-order valence-corrected chi connectivity index (χ2v) is 3.11. The molecule has 0 aliphatic heterocycles. The highest BCUT2D eigenvalue weighted by molar-refractivity contribution is 5.89. The van der Waals surface area contributed by atoms with Gasteiger partial charge in [-0.15, -0.1) is 0 Å². The van der Waals surface area contributed by atoms with Gasteiger partial charge in [-0.3, -0.25) is 5.10 Å². The zero-order valence-electron chi connectivity index (χ0n) is 8.70. The van der Waals surface area contributed by atoms with Gasteiger partial charge in [-0.2, -0.15) is 5.10 Å². The first-order valence-corrected chi connectivity index (χ1v) is 4.51. The monoisotopic (exact) mass is 204 g/mol. The van der Waals surface area contributed by atoms with Crippen molar-refractivity contribution in [2.75, 3.05) is 14.2 Å². The molecule has 0 atom stereocenters. The predicted molar refractivity (Wildman–Crippen MR) is 58.7 cm³/mol. The Hall–Kier alpha value is -1.97. The largest absolute Gasteiger partial charge is 0.497 e. The number of hydrogen-bond acceptors (Lipinski definition) is 3. The van der Waals surface area contributed by atoms with E-state index in [0.717, 1.165) is 22.3 Å². The average Bonchev–Trinajstić information content (AvgIpc) is 2.70. The van der Waals surface area contributed by atoms with Crippen molar-refractivity contribution in [3.63, 3.8) is 0 Å². The van der Waals surface area contributed by atoms with E-state index in [1.165, 1.54) is 0 Å². The molecule has 0 radical (unpaired) electrons. The number of nitrogens with one attached hydrogen (secondary N) is 1. The first-order valence-electron chi connectivity index (χ1n) is 4.51. The number of benzene rings is 1. The summed E-state index contributed by atoms with van der Waals surface area (Å²) >= 11 is 0. The van der Waals surface area contributed by atoms with Crippen molar-refractivity contribution >= 4 is 16.7 Å². The van der Waals surface area contributed by atoms with E-state index in [4.69, 9.17) is 9.47 Å². The number of methoxy groups -OCH3 is 2. The molecule has 78 valence electrons. The maximum Gasteiger partial charge on any atom is 0.139 e. The van der Waals surface area contributed by atoms with Crippen molar-refractivity contribution in [1.82, 2.24) is 10.2 Å². The summed E-state index contributed by atoms with van der Waals surface area (Å²) in [5.74, 6) is 1.34. The van der Waals surface area contributed by atoms with Gasteiger partial charge >= 0.3 is 0 Å². The molecule has 2 aromatic rings. The van der Waals surface area contributed by atoms with Crippen LogP contribution in [0.25, 0.3) is 16.7 Å². The average molecular weight is 204 g/mol. The summed E-state index contributed by atoms with van der Waals surface area (Å²) < 4.78 is 10.2. The van der Waals surface area contributed by atoms with Crippen molar-refractivity contribution in [3.05, 3.63) is 30.5 Å². The Kier molecular flexibility index (Phi) is 2.33. The predicted octanol–water partition coefficient (Wildman–Crippen LogP) is 2.19.